The molecule has 1 rings (SSSR count). The Morgan fingerprint density at radius 3 is 2.19 bits per heavy atom. The first-order chi connectivity index (χ1) is 15.0. The minimum absolute atomic E-state index is 0.122. The zero-order valence-electron chi connectivity index (χ0n) is 17.1. The summed E-state index contributed by atoms with van der Waals surface area (Å²) in [6, 6.07) is -5.92. The number of nitrogens with one attached hydrogen (secondary N) is 4. The number of aromatic amines is 1. The molecule has 5 atom stereocenters. The highest BCUT2D eigenvalue weighted by molar-refractivity contribution is 5.95. The molecule has 0 radical (unpaired) electrons. The van der Waals surface area contributed by atoms with Crippen LogP contribution in [0.5, 0.6) is 0 Å². The quantitative estimate of drug-likeness (QED) is 0.136. The molecule has 11 N–H and O–H groups in total. The van der Waals surface area contributed by atoms with Crippen LogP contribution in [0.25, 0.3) is 0 Å². The van der Waals surface area contributed by atoms with E-state index < -0.39 is 72.9 Å². The van der Waals surface area contributed by atoms with Crippen molar-refractivity contribution in [2.75, 3.05) is 6.61 Å². The van der Waals surface area contributed by atoms with Gasteiger partial charge in [0, 0.05) is 18.3 Å². The maximum atomic E-state index is 12.8. The van der Waals surface area contributed by atoms with Gasteiger partial charge in [0.1, 0.15) is 18.1 Å². The second-order valence-corrected chi connectivity index (χ2v) is 6.93. The number of amides is 4. The molecule has 1 heterocycles. The third-order valence-corrected chi connectivity index (χ3v) is 4.23. The predicted octanol–water partition coefficient (Wildman–Crippen LogP) is -4.93. The highest BCUT2D eigenvalue weighted by Crippen LogP contribution is 2.03. The summed E-state index contributed by atoms with van der Waals surface area (Å²) in [5.74, 6) is -5.22. The first-order valence-electron chi connectivity index (χ1n) is 9.40. The molecular formula is C17H27N7O8. The number of hydrogen-bond donors (Lipinski definition) is 9. The standard InChI is InChI=1S/C17H27N7O8/c1-7(26)13(16(30)23-11(5-25)17(31)32)24-15(29)10(2-8-4-20-6-21-8)22-14(28)9(18)3-12(19)27/h4,6-7,9-11,13,25-26H,2-3,5,18H2,1H3,(H2,19,27)(H,20,21)(H,22,28)(H,23,30)(H,24,29)(H,31,32). The van der Waals surface area contributed by atoms with Gasteiger partial charge in [0.05, 0.1) is 31.5 Å². The molecule has 0 aromatic carbocycles. The Morgan fingerprint density at radius 2 is 1.72 bits per heavy atom. The average molecular weight is 457 g/mol. The monoisotopic (exact) mass is 457 g/mol. The van der Waals surface area contributed by atoms with Gasteiger partial charge in [-0.3, -0.25) is 19.2 Å². The van der Waals surface area contributed by atoms with E-state index in [9.17, 15) is 29.1 Å². The number of carboxylic acids is 1. The fraction of sp³-hybridized carbons (Fsp3) is 0.529. The molecule has 1 aromatic heterocycles. The molecule has 5 unspecified atom stereocenters. The van der Waals surface area contributed by atoms with E-state index in [1.807, 2.05) is 5.32 Å². The van der Waals surface area contributed by atoms with Crippen LogP contribution in [-0.2, 0) is 30.4 Å². The van der Waals surface area contributed by atoms with Gasteiger partial charge in [-0.05, 0) is 6.92 Å². The molecule has 0 aliphatic heterocycles. The molecule has 15 nitrogen and oxygen atoms in total. The number of aromatic nitrogens is 2. The number of hydrogen-bond acceptors (Lipinski definition) is 9. The summed E-state index contributed by atoms with van der Waals surface area (Å²) in [5.41, 5.74) is 11.0. The number of carbonyl (C=O) groups is 5. The van der Waals surface area contributed by atoms with Crippen molar-refractivity contribution in [3.05, 3.63) is 18.2 Å². The van der Waals surface area contributed by atoms with Crippen molar-refractivity contribution < 1.29 is 39.3 Å². The zero-order chi connectivity index (χ0) is 24.4. The molecular weight excluding hydrogens is 430 g/mol. The van der Waals surface area contributed by atoms with Gasteiger partial charge in [-0.2, -0.15) is 0 Å². The van der Waals surface area contributed by atoms with E-state index in [4.69, 9.17) is 21.7 Å². The minimum atomic E-state index is -1.66. The van der Waals surface area contributed by atoms with Crippen molar-refractivity contribution in [2.45, 2.75) is 50.0 Å². The van der Waals surface area contributed by atoms with Crippen LogP contribution in [0.15, 0.2) is 12.5 Å². The van der Waals surface area contributed by atoms with Crippen molar-refractivity contribution in [2.24, 2.45) is 11.5 Å². The van der Waals surface area contributed by atoms with E-state index in [0.29, 0.717) is 5.69 Å². The number of H-pyrrole nitrogens is 1. The van der Waals surface area contributed by atoms with E-state index in [0.717, 1.165) is 0 Å². The normalized spacial score (nSPS) is 15.5. The van der Waals surface area contributed by atoms with Crippen LogP contribution in [-0.4, -0.2) is 91.8 Å². The number of imidazole rings is 1. The fourth-order valence-corrected chi connectivity index (χ4v) is 2.52. The summed E-state index contributed by atoms with van der Waals surface area (Å²) in [6.07, 6.45) is 0.655. The SMILES string of the molecule is CC(O)C(NC(=O)C(Cc1cnc[nH]1)NC(=O)C(N)CC(N)=O)C(=O)NC(CO)C(=O)O. The van der Waals surface area contributed by atoms with Crippen molar-refractivity contribution in [1.82, 2.24) is 25.9 Å². The first kappa shape index (κ1) is 26.5. The molecule has 32 heavy (non-hydrogen) atoms. The summed E-state index contributed by atoms with van der Waals surface area (Å²) in [6.45, 7) is 0.252. The molecule has 0 spiro atoms. The number of carboxylic acid groups (broad SMARTS) is 1. The van der Waals surface area contributed by atoms with Gasteiger partial charge >= 0.3 is 5.97 Å². The van der Waals surface area contributed by atoms with Crippen LogP contribution >= 0.6 is 0 Å². The van der Waals surface area contributed by atoms with Gasteiger partial charge in [-0.25, -0.2) is 9.78 Å². The molecule has 15 heteroatoms. The van der Waals surface area contributed by atoms with Crippen LogP contribution < -0.4 is 27.4 Å². The summed E-state index contributed by atoms with van der Waals surface area (Å²) in [7, 11) is 0. The fourth-order valence-electron chi connectivity index (χ4n) is 2.52. The minimum Gasteiger partial charge on any atom is -0.480 e. The van der Waals surface area contributed by atoms with Crippen molar-refractivity contribution in [3.63, 3.8) is 0 Å². The van der Waals surface area contributed by atoms with Gasteiger partial charge in [-0.15, -0.1) is 0 Å². The number of nitrogens with two attached hydrogens (primary N) is 2. The first-order valence-corrected chi connectivity index (χ1v) is 9.40. The van der Waals surface area contributed by atoms with Crippen molar-refractivity contribution in [1.29, 1.82) is 0 Å². The zero-order valence-corrected chi connectivity index (χ0v) is 17.1. The maximum Gasteiger partial charge on any atom is 0.328 e. The van der Waals surface area contributed by atoms with E-state index in [-0.39, 0.29) is 6.42 Å². The lowest BCUT2D eigenvalue weighted by molar-refractivity contribution is -0.144. The average Bonchev–Trinajstić information content (AvgIpc) is 3.21. The van der Waals surface area contributed by atoms with Gasteiger partial charge in [0.15, 0.2) is 0 Å². The van der Waals surface area contributed by atoms with Gasteiger partial charge in [0.2, 0.25) is 23.6 Å². The highest BCUT2D eigenvalue weighted by atomic mass is 16.4. The summed E-state index contributed by atoms with van der Waals surface area (Å²) < 4.78 is 0. The van der Waals surface area contributed by atoms with E-state index in [1.165, 1.54) is 19.4 Å². The number of aliphatic carboxylic acids is 1. The Bertz CT molecular complexity index is 814. The summed E-state index contributed by atoms with van der Waals surface area (Å²) in [5, 5.41) is 34.4. The third-order valence-electron chi connectivity index (χ3n) is 4.23. The van der Waals surface area contributed by atoms with E-state index >= 15 is 0 Å². The number of aliphatic hydroxyl groups is 2. The summed E-state index contributed by atoms with van der Waals surface area (Å²) in [4.78, 5) is 65.9. The Balaban J connectivity index is 2.99. The molecule has 0 bridgehead atoms. The maximum absolute atomic E-state index is 12.8. The number of aliphatic hydroxyl groups excluding tert-OH is 2. The molecule has 0 saturated heterocycles. The predicted molar refractivity (Wildman–Crippen MR) is 106 cm³/mol. The largest absolute Gasteiger partial charge is 0.480 e. The second-order valence-electron chi connectivity index (χ2n) is 6.93. The Hall–Kier alpha value is -3.56. The third kappa shape index (κ3) is 8.29. The number of nitrogens with zero attached hydrogens (tertiary/aromatic N) is 1. The topological polar surface area (TPSA) is 263 Å². The highest BCUT2D eigenvalue weighted by Gasteiger charge is 2.33. The lowest BCUT2D eigenvalue weighted by atomic mass is 10.1. The molecule has 0 aliphatic rings. The lowest BCUT2D eigenvalue weighted by Crippen LogP contribution is -2.60. The number of carbonyl (C=O) groups excluding carboxylic acids is 4. The van der Waals surface area contributed by atoms with Crippen LogP contribution in [0.4, 0.5) is 0 Å². The molecule has 4 amide bonds. The summed E-state index contributed by atoms with van der Waals surface area (Å²) >= 11 is 0. The number of rotatable bonds is 13. The van der Waals surface area contributed by atoms with Crippen LogP contribution in [0.2, 0.25) is 0 Å². The Kier molecular flexibility index (Phi) is 10.2. The molecule has 0 aliphatic carbocycles. The molecule has 0 fully saturated rings. The van der Waals surface area contributed by atoms with E-state index in [2.05, 4.69) is 20.6 Å². The van der Waals surface area contributed by atoms with Crippen molar-refractivity contribution in [3.8, 4) is 0 Å². The molecule has 0 saturated carbocycles. The Labute approximate surface area is 181 Å². The molecule has 178 valence electrons. The smallest absolute Gasteiger partial charge is 0.328 e. The van der Waals surface area contributed by atoms with Crippen LogP contribution in [0.1, 0.15) is 19.0 Å². The van der Waals surface area contributed by atoms with Gasteiger partial charge in [0.25, 0.3) is 0 Å². The van der Waals surface area contributed by atoms with Gasteiger partial charge in [-0.1, -0.05) is 0 Å². The van der Waals surface area contributed by atoms with Crippen LogP contribution in [0, 0.1) is 0 Å². The Morgan fingerprint density at radius 1 is 1.09 bits per heavy atom. The molecule has 1 aromatic rings. The lowest BCUT2D eigenvalue weighted by Gasteiger charge is -2.26. The van der Waals surface area contributed by atoms with Crippen LogP contribution in [0.3, 0.4) is 0 Å². The van der Waals surface area contributed by atoms with E-state index in [1.54, 1.807) is 0 Å². The second kappa shape index (κ2) is 12.3. The number of primary amides is 1. The van der Waals surface area contributed by atoms with Crippen molar-refractivity contribution >= 4 is 29.6 Å². The van der Waals surface area contributed by atoms with Gasteiger partial charge < -0.3 is 47.7 Å².